The van der Waals surface area contributed by atoms with E-state index in [0.717, 1.165) is 11.3 Å². The Kier molecular flexibility index (Phi) is 4.19. The van der Waals surface area contributed by atoms with Crippen LogP contribution in [0.5, 0.6) is 0 Å². The largest absolute Gasteiger partial charge is 0.397 e. The maximum Gasteiger partial charge on any atom is 0.263 e. The van der Waals surface area contributed by atoms with Gasteiger partial charge in [-0.1, -0.05) is 6.07 Å². The Balaban J connectivity index is 2.21. The fourth-order valence-electron chi connectivity index (χ4n) is 1.80. The van der Waals surface area contributed by atoms with Crippen LogP contribution in [0.25, 0.3) is 10.1 Å². The van der Waals surface area contributed by atoms with Gasteiger partial charge in [-0.3, -0.25) is 9.59 Å². The first-order valence-electron chi connectivity index (χ1n) is 6.06. The smallest absolute Gasteiger partial charge is 0.263 e. The third kappa shape index (κ3) is 2.72. The number of benzene rings is 1. The predicted molar refractivity (Wildman–Crippen MR) is 77.2 cm³/mol. The van der Waals surface area contributed by atoms with Gasteiger partial charge >= 0.3 is 0 Å². The lowest BCUT2D eigenvalue weighted by atomic mass is 10.2. The standard InChI is InChI=1S/C13H14FN3O2S/c1-2-16-9(18)6-17-13(19)12-11(15)10-7(14)4-3-5-8(10)20-12/h3-5H,2,6,15H2,1H3,(H,16,18)(H,17,19). The molecule has 0 bridgehead atoms. The lowest BCUT2D eigenvalue weighted by Gasteiger charge is -2.04. The van der Waals surface area contributed by atoms with Gasteiger partial charge in [0.15, 0.2) is 0 Å². The summed E-state index contributed by atoms with van der Waals surface area (Å²) in [6.45, 7) is 2.14. The molecule has 1 aromatic carbocycles. The molecular formula is C13H14FN3O2S. The Labute approximate surface area is 119 Å². The number of likely N-dealkylation sites (N-methyl/N-ethyl adjacent to an activating group) is 1. The number of nitrogens with two attached hydrogens (primary N) is 1. The van der Waals surface area contributed by atoms with Crippen LogP contribution in [0, 0.1) is 5.82 Å². The Morgan fingerprint density at radius 2 is 2.10 bits per heavy atom. The third-order valence-corrected chi connectivity index (χ3v) is 3.86. The van der Waals surface area contributed by atoms with Crippen molar-refractivity contribution in [1.29, 1.82) is 0 Å². The molecule has 106 valence electrons. The molecule has 0 aliphatic rings. The van der Waals surface area contributed by atoms with Gasteiger partial charge in [0.25, 0.3) is 5.91 Å². The highest BCUT2D eigenvalue weighted by molar-refractivity contribution is 7.21. The summed E-state index contributed by atoms with van der Waals surface area (Å²) in [4.78, 5) is 23.5. The number of amides is 2. The number of carbonyl (C=O) groups is 2. The van der Waals surface area contributed by atoms with E-state index in [9.17, 15) is 14.0 Å². The SMILES string of the molecule is CCNC(=O)CNC(=O)c1sc2cccc(F)c2c1N. The van der Waals surface area contributed by atoms with Crippen molar-refractivity contribution in [3.05, 3.63) is 28.9 Å². The molecular weight excluding hydrogens is 281 g/mol. The summed E-state index contributed by atoms with van der Waals surface area (Å²) in [7, 11) is 0. The average Bonchev–Trinajstić information content (AvgIpc) is 2.75. The molecule has 0 spiro atoms. The lowest BCUT2D eigenvalue weighted by molar-refractivity contribution is -0.120. The van der Waals surface area contributed by atoms with Gasteiger partial charge in [-0.25, -0.2) is 4.39 Å². The van der Waals surface area contributed by atoms with Gasteiger partial charge in [0, 0.05) is 11.2 Å². The number of rotatable bonds is 4. The van der Waals surface area contributed by atoms with E-state index < -0.39 is 11.7 Å². The molecule has 7 heteroatoms. The van der Waals surface area contributed by atoms with E-state index in [4.69, 9.17) is 5.73 Å². The lowest BCUT2D eigenvalue weighted by Crippen LogP contribution is -2.36. The zero-order chi connectivity index (χ0) is 14.7. The third-order valence-electron chi connectivity index (χ3n) is 2.69. The predicted octanol–water partition coefficient (Wildman–Crippen LogP) is 1.49. The van der Waals surface area contributed by atoms with Crippen molar-refractivity contribution in [3.8, 4) is 0 Å². The topological polar surface area (TPSA) is 84.2 Å². The van der Waals surface area contributed by atoms with Crippen LogP contribution in [-0.2, 0) is 4.79 Å². The highest BCUT2D eigenvalue weighted by Gasteiger charge is 2.18. The van der Waals surface area contributed by atoms with E-state index in [0.29, 0.717) is 11.2 Å². The van der Waals surface area contributed by atoms with Gasteiger partial charge < -0.3 is 16.4 Å². The zero-order valence-electron chi connectivity index (χ0n) is 10.8. The van der Waals surface area contributed by atoms with Crippen molar-refractivity contribution in [2.75, 3.05) is 18.8 Å². The fraction of sp³-hybridized carbons (Fsp3) is 0.231. The van der Waals surface area contributed by atoms with Crippen LogP contribution in [0.3, 0.4) is 0 Å². The number of fused-ring (bicyclic) bond motifs is 1. The molecule has 0 aliphatic heterocycles. The summed E-state index contributed by atoms with van der Waals surface area (Å²) in [6, 6.07) is 4.55. The van der Waals surface area contributed by atoms with Crippen LogP contribution in [0.2, 0.25) is 0 Å². The normalized spacial score (nSPS) is 10.5. The Bertz CT molecular complexity index is 669. The number of thiophene rings is 1. The summed E-state index contributed by atoms with van der Waals surface area (Å²) in [6.07, 6.45) is 0. The van der Waals surface area contributed by atoms with Crippen molar-refractivity contribution in [2.45, 2.75) is 6.92 Å². The van der Waals surface area contributed by atoms with Gasteiger partial charge in [0.05, 0.1) is 17.6 Å². The van der Waals surface area contributed by atoms with E-state index in [1.807, 2.05) is 0 Å². The highest BCUT2D eigenvalue weighted by Crippen LogP contribution is 2.35. The second kappa shape index (κ2) is 5.87. The Morgan fingerprint density at radius 3 is 2.75 bits per heavy atom. The molecule has 20 heavy (non-hydrogen) atoms. The maximum atomic E-state index is 13.7. The molecule has 0 unspecified atom stereocenters. The van der Waals surface area contributed by atoms with Crippen LogP contribution in [0.15, 0.2) is 18.2 Å². The summed E-state index contributed by atoms with van der Waals surface area (Å²) in [5.41, 5.74) is 5.92. The first kappa shape index (κ1) is 14.3. The molecule has 0 radical (unpaired) electrons. The van der Waals surface area contributed by atoms with Gasteiger partial charge in [0.1, 0.15) is 10.7 Å². The van der Waals surface area contributed by atoms with E-state index in [-0.39, 0.29) is 28.4 Å². The molecule has 2 amide bonds. The van der Waals surface area contributed by atoms with E-state index in [1.54, 1.807) is 19.1 Å². The molecule has 1 aromatic heterocycles. The number of hydrogen-bond acceptors (Lipinski definition) is 4. The highest BCUT2D eigenvalue weighted by atomic mass is 32.1. The molecule has 2 rings (SSSR count). The van der Waals surface area contributed by atoms with Crippen LogP contribution in [0.1, 0.15) is 16.6 Å². The van der Waals surface area contributed by atoms with Gasteiger partial charge in [0.2, 0.25) is 5.91 Å². The molecule has 4 N–H and O–H groups in total. The van der Waals surface area contributed by atoms with Crippen LogP contribution < -0.4 is 16.4 Å². The number of nitrogens with one attached hydrogen (secondary N) is 2. The Hall–Kier alpha value is -2.15. The first-order valence-corrected chi connectivity index (χ1v) is 6.87. The fourth-order valence-corrected chi connectivity index (χ4v) is 2.85. The second-order valence-electron chi connectivity index (χ2n) is 4.09. The van der Waals surface area contributed by atoms with Crippen molar-refractivity contribution in [3.63, 3.8) is 0 Å². The summed E-state index contributed by atoms with van der Waals surface area (Å²) < 4.78 is 14.3. The van der Waals surface area contributed by atoms with E-state index in [2.05, 4.69) is 10.6 Å². The van der Waals surface area contributed by atoms with Gasteiger partial charge in [-0.15, -0.1) is 11.3 Å². The number of halogens is 1. The summed E-state index contributed by atoms with van der Waals surface area (Å²) in [5.74, 6) is -1.22. The molecule has 1 heterocycles. The first-order chi connectivity index (χ1) is 9.54. The number of nitrogen functional groups attached to an aromatic ring is 1. The van der Waals surface area contributed by atoms with Crippen molar-refractivity contribution < 1.29 is 14.0 Å². The van der Waals surface area contributed by atoms with E-state index >= 15 is 0 Å². The number of hydrogen-bond donors (Lipinski definition) is 3. The number of carbonyl (C=O) groups excluding carboxylic acids is 2. The van der Waals surface area contributed by atoms with Crippen LogP contribution >= 0.6 is 11.3 Å². The summed E-state index contributed by atoms with van der Waals surface area (Å²) >= 11 is 1.10. The minimum absolute atomic E-state index is 0.108. The molecule has 2 aromatic rings. The van der Waals surface area contributed by atoms with Crippen LogP contribution in [0.4, 0.5) is 10.1 Å². The minimum atomic E-state index is -0.477. The van der Waals surface area contributed by atoms with Gasteiger partial charge in [-0.2, -0.15) is 0 Å². The monoisotopic (exact) mass is 295 g/mol. The number of anilines is 1. The Morgan fingerprint density at radius 1 is 1.35 bits per heavy atom. The van der Waals surface area contributed by atoms with Crippen molar-refractivity contribution in [1.82, 2.24) is 10.6 Å². The summed E-state index contributed by atoms with van der Waals surface area (Å²) in [5, 5.41) is 5.27. The zero-order valence-corrected chi connectivity index (χ0v) is 11.6. The molecule has 0 fully saturated rings. The quantitative estimate of drug-likeness (QED) is 0.799. The second-order valence-corrected chi connectivity index (χ2v) is 5.15. The maximum absolute atomic E-state index is 13.7. The van der Waals surface area contributed by atoms with Gasteiger partial charge in [-0.05, 0) is 19.1 Å². The van der Waals surface area contributed by atoms with Crippen molar-refractivity contribution in [2.24, 2.45) is 0 Å². The molecule has 0 aliphatic carbocycles. The molecule has 0 saturated heterocycles. The van der Waals surface area contributed by atoms with E-state index in [1.165, 1.54) is 6.07 Å². The van der Waals surface area contributed by atoms with Crippen LogP contribution in [-0.4, -0.2) is 24.9 Å². The average molecular weight is 295 g/mol. The molecule has 0 atom stereocenters. The molecule has 5 nitrogen and oxygen atoms in total. The van der Waals surface area contributed by atoms with Crippen molar-refractivity contribution >= 4 is 38.9 Å². The molecule has 0 saturated carbocycles. The minimum Gasteiger partial charge on any atom is -0.397 e.